The van der Waals surface area contributed by atoms with Crippen molar-refractivity contribution in [1.29, 1.82) is 0 Å². The van der Waals surface area contributed by atoms with Gasteiger partial charge in [-0.25, -0.2) is 17.5 Å². The van der Waals surface area contributed by atoms with Crippen LogP contribution in [0.25, 0.3) is 0 Å². The normalized spacial score (nSPS) is 17.7. The third kappa shape index (κ3) is 4.36. The fourth-order valence-electron chi connectivity index (χ4n) is 3.55. The first-order chi connectivity index (χ1) is 14.5. The van der Waals surface area contributed by atoms with Crippen molar-refractivity contribution in [3.8, 4) is 17.2 Å². The molecule has 0 aromatic heterocycles. The molecule has 0 unspecified atom stereocenters. The first-order valence-electron chi connectivity index (χ1n) is 9.52. The Morgan fingerprint density at radius 3 is 2.63 bits per heavy atom. The highest BCUT2D eigenvalue weighted by Gasteiger charge is 2.27. The van der Waals surface area contributed by atoms with Crippen LogP contribution in [0.1, 0.15) is 11.6 Å². The van der Waals surface area contributed by atoms with E-state index in [9.17, 15) is 12.8 Å². The van der Waals surface area contributed by atoms with Gasteiger partial charge in [-0.1, -0.05) is 6.07 Å². The van der Waals surface area contributed by atoms with Crippen LogP contribution in [-0.4, -0.2) is 60.1 Å². The molecule has 162 valence electrons. The highest BCUT2D eigenvalue weighted by atomic mass is 32.2. The standard InChI is InChI=1S/C20H23FN2O6S/c1-26-18-5-3-15(11-16(18)21)30(24,25)22-12-17(23-6-8-27-9-7-23)14-2-4-19-20(10-14)29-13-28-19/h2-5,10-11,17,22H,6-9,12-13H2,1H3/t17-/m0/s1. The van der Waals surface area contributed by atoms with E-state index in [4.69, 9.17) is 18.9 Å². The highest BCUT2D eigenvalue weighted by molar-refractivity contribution is 7.89. The van der Waals surface area contributed by atoms with Crippen molar-refractivity contribution in [2.24, 2.45) is 0 Å². The minimum absolute atomic E-state index is 0.0134. The summed E-state index contributed by atoms with van der Waals surface area (Å²) in [5.74, 6) is 0.543. The second-order valence-corrected chi connectivity index (χ2v) is 8.69. The number of sulfonamides is 1. The smallest absolute Gasteiger partial charge is 0.240 e. The maximum atomic E-state index is 14.0. The average molecular weight is 438 g/mol. The third-order valence-corrected chi connectivity index (χ3v) is 6.59. The minimum atomic E-state index is -3.92. The van der Waals surface area contributed by atoms with E-state index < -0.39 is 15.8 Å². The molecule has 2 heterocycles. The monoisotopic (exact) mass is 438 g/mol. The molecule has 0 amide bonds. The summed E-state index contributed by atoms with van der Waals surface area (Å²) in [5, 5.41) is 0. The molecule has 1 N–H and O–H groups in total. The molecule has 4 rings (SSSR count). The lowest BCUT2D eigenvalue weighted by molar-refractivity contribution is 0.0171. The third-order valence-electron chi connectivity index (χ3n) is 5.17. The SMILES string of the molecule is COc1ccc(S(=O)(=O)NC[C@@H](c2ccc3c(c2)OCO3)N2CCOCC2)cc1F. The molecule has 10 heteroatoms. The molecule has 1 saturated heterocycles. The van der Waals surface area contributed by atoms with Gasteiger partial charge in [0.2, 0.25) is 16.8 Å². The predicted octanol–water partition coefficient (Wildman–Crippen LogP) is 1.91. The van der Waals surface area contributed by atoms with Crippen LogP contribution in [-0.2, 0) is 14.8 Å². The van der Waals surface area contributed by atoms with Crippen molar-refractivity contribution in [3.05, 3.63) is 47.8 Å². The lowest BCUT2D eigenvalue weighted by Crippen LogP contribution is -2.43. The van der Waals surface area contributed by atoms with Crippen molar-refractivity contribution in [1.82, 2.24) is 9.62 Å². The Balaban J connectivity index is 1.56. The number of benzene rings is 2. The number of nitrogens with zero attached hydrogens (tertiary/aromatic N) is 1. The first-order valence-corrected chi connectivity index (χ1v) is 11.0. The molecule has 2 aromatic carbocycles. The first kappa shape index (κ1) is 20.9. The molecule has 0 spiro atoms. The fourth-order valence-corrected chi connectivity index (χ4v) is 4.60. The number of halogens is 1. The maximum Gasteiger partial charge on any atom is 0.240 e. The summed E-state index contributed by atoms with van der Waals surface area (Å²) in [4.78, 5) is 1.99. The molecule has 2 aromatic rings. The van der Waals surface area contributed by atoms with Gasteiger partial charge >= 0.3 is 0 Å². The lowest BCUT2D eigenvalue weighted by atomic mass is 10.0. The number of nitrogens with one attached hydrogen (secondary N) is 1. The largest absolute Gasteiger partial charge is 0.494 e. The van der Waals surface area contributed by atoms with E-state index in [1.807, 2.05) is 18.2 Å². The van der Waals surface area contributed by atoms with Crippen LogP contribution in [0.3, 0.4) is 0 Å². The van der Waals surface area contributed by atoms with Gasteiger partial charge in [-0.15, -0.1) is 0 Å². The van der Waals surface area contributed by atoms with E-state index in [0.717, 1.165) is 11.6 Å². The highest BCUT2D eigenvalue weighted by Crippen LogP contribution is 2.35. The van der Waals surface area contributed by atoms with Crippen molar-refractivity contribution in [2.45, 2.75) is 10.9 Å². The summed E-state index contributed by atoms with van der Waals surface area (Å²) in [6, 6.07) is 8.89. The Labute approximate surface area is 174 Å². The van der Waals surface area contributed by atoms with Gasteiger partial charge in [0.25, 0.3) is 0 Å². The van der Waals surface area contributed by atoms with E-state index in [1.54, 1.807) is 0 Å². The lowest BCUT2D eigenvalue weighted by Gasteiger charge is -2.35. The second kappa shape index (κ2) is 8.76. The van der Waals surface area contributed by atoms with E-state index in [2.05, 4.69) is 9.62 Å². The van der Waals surface area contributed by atoms with Gasteiger partial charge in [-0.05, 0) is 35.9 Å². The van der Waals surface area contributed by atoms with Crippen LogP contribution < -0.4 is 18.9 Å². The van der Waals surface area contributed by atoms with Crippen molar-refractivity contribution in [2.75, 3.05) is 46.8 Å². The van der Waals surface area contributed by atoms with Crippen LogP contribution in [0.15, 0.2) is 41.3 Å². The molecule has 2 aliphatic rings. The Bertz CT molecular complexity index is 1010. The molecule has 0 bridgehead atoms. The van der Waals surface area contributed by atoms with Crippen LogP contribution in [0.4, 0.5) is 4.39 Å². The number of morpholine rings is 1. The predicted molar refractivity (Wildman–Crippen MR) is 106 cm³/mol. The van der Waals surface area contributed by atoms with Crippen LogP contribution in [0.2, 0.25) is 0 Å². The zero-order chi connectivity index (χ0) is 21.1. The molecule has 2 aliphatic heterocycles. The Morgan fingerprint density at radius 2 is 1.90 bits per heavy atom. The number of hydrogen-bond donors (Lipinski definition) is 1. The van der Waals surface area contributed by atoms with Gasteiger partial charge in [0.1, 0.15) is 0 Å². The summed E-state index contributed by atoms with van der Waals surface area (Å²) >= 11 is 0. The maximum absolute atomic E-state index is 14.0. The zero-order valence-electron chi connectivity index (χ0n) is 16.5. The molecule has 30 heavy (non-hydrogen) atoms. The molecule has 1 fully saturated rings. The molecule has 0 aliphatic carbocycles. The number of methoxy groups -OCH3 is 1. The molecule has 1 atom stereocenters. The van der Waals surface area contributed by atoms with E-state index in [1.165, 1.54) is 19.2 Å². The molecular formula is C20H23FN2O6S. The van der Waals surface area contributed by atoms with E-state index in [0.29, 0.717) is 37.8 Å². The number of rotatable bonds is 7. The van der Waals surface area contributed by atoms with Crippen LogP contribution in [0, 0.1) is 5.82 Å². The summed E-state index contributed by atoms with van der Waals surface area (Å²) in [6.07, 6.45) is 0. The van der Waals surface area contributed by atoms with Gasteiger partial charge < -0.3 is 18.9 Å². The van der Waals surface area contributed by atoms with Crippen LogP contribution >= 0.6 is 0 Å². The second-order valence-electron chi connectivity index (χ2n) is 6.93. The van der Waals surface area contributed by atoms with Crippen molar-refractivity contribution in [3.63, 3.8) is 0 Å². The van der Waals surface area contributed by atoms with Crippen molar-refractivity contribution >= 4 is 10.0 Å². The topological polar surface area (TPSA) is 86.3 Å². The van der Waals surface area contributed by atoms with Gasteiger partial charge in [-0.3, -0.25) is 4.90 Å². The number of ether oxygens (including phenoxy) is 4. The fraction of sp³-hybridized carbons (Fsp3) is 0.400. The summed E-state index contributed by atoms with van der Waals surface area (Å²) in [7, 11) is -2.60. The quantitative estimate of drug-likeness (QED) is 0.707. The van der Waals surface area contributed by atoms with Gasteiger partial charge in [0.15, 0.2) is 23.1 Å². The van der Waals surface area contributed by atoms with E-state index >= 15 is 0 Å². The van der Waals surface area contributed by atoms with Gasteiger partial charge in [-0.2, -0.15) is 0 Å². The van der Waals surface area contributed by atoms with Gasteiger partial charge in [0.05, 0.1) is 25.2 Å². The number of fused-ring (bicyclic) bond motifs is 1. The molecule has 8 nitrogen and oxygen atoms in total. The number of hydrogen-bond acceptors (Lipinski definition) is 7. The van der Waals surface area contributed by atoms with Crippen molar-refractivity contribution < 1.29 is 31.8 Å². The van der Waals surface area contributed by atoms with Crippen LogP contribution in [0.5, 0.6) is 17.2 Å². The van der Waals surface area contributed by atoms with E-state index in [-0.39, 0.29) is 30.0 Å². The average Bonchev–Trinajstić information content (AvgIpc) is 3.22. The molecule has 0 radical (unpaired) electrons. The zero-order valence-corrected chi connectivity index (χ0v) is 17.3. The Kier molecular flexibility index (Phi) is 6.09. The summed E-state index contributed by atoms with van der Waals surface area (Å²) in [5.41, 5.74) is 0.893. The molecular weight excluding hydrogens is 415 g/mol. The Hall–Kier alpha value is -2.40. The minimum Gasteiger partial charge on any atom is -0.494 e. The van der Waals surface area contributed by atoms with Gasteiger partial charge in [0, 0.05) is 25.7 Å². The Morgan fingerprint density at radius 1 is 1.13 bits per heavy atom. The molecule has 0 saturated carbocycles. The summed E-state index contributed by atoms with van der Waals surface area (Å²) in [6.45, 7) is 2.73. The summed E-state index contributed by atoms with van der Waals surface area (Å²) < 4.78 is 63.3.